The zero-order chi connectivity index (χ0) is 15.1. The maximum atomic E-state index is 12.8. The van der Waals surface area contributed by atoms with Crippen LogP contribution in [0.1, 0.15) is 5.56 Å². The third-order valence-electron chi connectivity index (χ3n) is 2.74. The molecule has 0 aliphatic heterocycles. The maximum absolute atomic E-state index is 12.8. The molecule has 1 heterocycles. The lowest BCUT2D eigenvalue weighted by molar-refractivity contribution is 0.204. The van der Waals surface area contributed by atoms with Gasteiger partial charge in [0, 0.05) is 19.9 Å². The van der Waals surface area contributed by atoms with Gasteiger partial charge in [-0.3, -0.25) is 4.68 Å². The highest BCUT2D eigenvalue weighted by atomic mass is 32.1. The number of hydrogen-bond donors (Lipinski definition) is 2. The molecule has 5 nitrogen and oxygen atoms in total. The van der Waals surface area contributed by atoms with Crippen LogP contribution >= 0.6 is 12.2 Å². The van der Waals surface area contributed by atoms with Crippen LogP contribution in [0.5, 0.6) is 0 Å². The second-order valence-electron chi connectivity index (χ2n) is 4.43. The van der Waals surface area contributed by atoms with E-state index in [0.29, 0.717) is 24.8 Å². The fraction of sp³-hybridized carbons (Fsp3) is 0.286. The molecule has 0 saturated carbocycles. The lowest BCUT2D eigenvalue weighted by atomic mass is 10.2. The van der Waals surface area contributed by atoms with Gasteiger partial charge in [0.05, 0.1) is 25.0 Å². The average molecular weight is 308 g/mol. The molecule has 0 aliphatic rings. The summed E-state index contributed by atoms with van der Waals surface area (Å²) in [7, 11) is 1.64. The third-order valence-corrected chi connectivity index (χ3v) is 2.99. The van der Waals surface area contributed by atoms with Crippen molar-refractivity contribution in [2.45, 2.75) is 6.54 Å². The SMILES string of the molecule is COCCNC(=S)Nc1cnn(Cc2ccc(F)cc2)c1. The lowest BCUT2D eigenvalue weighted by Crippen LogP contribution is -2.30. The summed E-state index contributed by atoms with van der Waals surface area (Å²) in [6.07, 6.45) is 3.53. The van der Waals surface area contributed by atoms with Gasteiger partial charge in [-0.2, -0.15) is 5.10 Å². The van der Waals surface area contributed by atoms with Crippen LogP contribution in [0, 0.1) is 5.82 Å². The molecule has 0 radical (unpaired) electrons. The number of aromatic nitrogens is 2. The number of anilines is 1. The van der Waals surface area contributed by atoms with Gasteiger partial charge in [-0.25, -0.2) is 4.39 Å². The van der Waals surface area contributed by atoms with Gasteiger partial charge in [0.1, 0.15) is 5.82 Å². The monoisotopic (exact) mass is 308 g/mol. The fourth-order valence-corrected chi connectivity index (χ4v) is 1.95. The molecule has 2 rings (SSSR count). The zero-order valence-electron chi connectivity index (χ0n) is 11.7. The largest absolute Gasteiger partial charge is 0.383 e. The molecule has 0 bridgehead atoms. The van der Waals surface area contributed by atoms with E-state index in [1.807, 2.05) is 6.20 Å². The van der Waals surface area contributed by atoms with Crippen LogP contribution in [0.4, 0.5) is 10.1 Å². The van der Waals surface area contributed by atoms with Crippen LogP contribution in [-0.4, -0.2) is 35.2 Å². The van der Waals surface area contributed by atoms with Gasteiger partial charge in [0.25, 0.3) is 0 Å². The first-order valence-electron chi connectivity index (χ1n) is 6.48. The molecule has 2 aromatic rings. The van der Waals surface area contributed by atoms with Crippen molar-refractivity contribution in [3.8, 4) is 0 Å². The zero-order valence-corrected chi connectivity index (χ0v) is 12.5. The molecule has 7 heteroatoms. The number of ether oxygens (including phenoxy) is 1. The van der Waals surface area contributed by atoms with Gasteiger partial charge in [0.15, 0.2) is 5.11 Å². The van der Waals surface area contributed by atoms with Crippen molar-refractivity contribution >= 4 is 23.0 Å². The molecule has 0 saturated heterocycles. The standard InChI is InChI=1S/C14H17FN4OS/c1-20-7-6-16-14(21)18-13-8-17-19(10-13)9-11-2-4-12(15)5-3-11/h2-5,8,10H,6-7,9H2,1H3,(H2,16,18,21). The molecule has 21 heavy (non-hydrogen) atoms. The van der Waals surface area contributed by atoms with E-state index < -0.39 is 0 Å². The highest BCUT2D eigenvalue weighted by molar-refractivity contribution is 7.80. The number of benzene rings is 1. The normalized spacial score (nSPS) is 10.4. The second-order valence-corrected chi connectivity index (χ2v) is 4.84. The van der Waals surface area contributed by atoms with E-state index >= 15 is 0 Å². The number of rotatable bonds is 6. The smallest absolute Gasteiger partial charge is 0.170 e. The van der Waals surface area contributed by atoms with Gasteiger partial charge < -0.3 is 15.4 Å². The number of thiocarbonyl (C=S) groups is 1. The number of methoxy groups -OCH3 is 1. The summed E-state index contributed by atoms with van der Waals surface area (Å²) in [6.45, 7) is 1.81. The molecule has 0 aliphatic carbocycles. The van der Waals surface area contributed by atoms with E-state index in [1.54, 1.807) is 30.1 Å². The van der Waals surface area contributed by atoms with Gasteiger partial charge in [-0.15, -0.1) is 0 Å². The minimum absolute atomic E-state index is 0.242. The second kappa shape index (κ2) is 7.70. The quantitative estimate of drug-likeness (QED) is 0.631. The Labute approximate surface area is 128 Å². The molecule has 112 valence electrons. The summed E-state index contributed by atoms with van der Waals surface area (Å²) >= 11 is 5.15. The first kappa shape index (κ1) is 15.4. The van der Waals surface area contributed by atoms with E-state index in [4.69, 9.17) is 17.0 Å². The summed E-state index contributed by atoms with van der Waals surface area (Å²) in [4.78, 5) is 0. The van der Waals surface area contributed by atoms with Crippen LogP contribution in [-0.2, 0) is 11.3 Å². The summed E-state index contributed by atoms with van der Waals surface area (Å²) in [5.74, 6) is -0.242. The summed E-state index contributed by atoms with van der Waals surface area (Å²) in [6, 6.07) is 6.35. The predicted octanol–water partition coefficient (Wildman–Crippen LogP) is 2.00. The van der Waals surface area contributed by atoms with E-state index in [1.165, 1.54) is 12.1 Å². The number of hydrogen-bond acceptors (Lipinski definition) is 3. The van der Waals surface area contributed by atoms with E-state index in [9.17, 15) is 4.39 Å². The Morgan fingerprint density at radius 3 is 2.86 bits per heavy atom. The summed E-state index contributed by atoms with van der Waals surface area (Å²) < 4.78 is 19.5. The minimum Gasteiger partial charge on any atom is -0.383 e. The van der Waals surface area contributed by atoms with Crippen LogP contribution in [0.15, 0.2) is 36.7 Å². The number of nitrogens with zero attached hydrogens (tertiary/aromatic N) is 2. The Morgan fingerprint density at radius 2 is 2.14 bits per heavy atom. The van der Waals surface area contributed by atoms with Crippen molar-refractivity contribution in [2.75, 3.05) is 25.6 Å². The van der Waals surface area contributed by atoms with E-state index in [0.717, 1.165) is 11.3 Å². The molecule has 0 fully saturated rings. The van der Waals surface area contributed by atoms with Crippen molar-refractivity contribution in [3.63, 3.8) is 0 Å². The van der Waals surface area contributed by atoms with Crippen molar-refractivity contribution in [2.24, 2.45) is 0 Å². The predicted molar refractivity (Wildman–Crippen MR) is 83.8 cm³/mol. The topological polar surface area (TPSA) is 51.1 Å². The lowest BCUT2D eigenvalue weighted by Gasteiger charge is -2.07. The summed E-state index contributed by atoms with van der Waals surface area (Å²) in [5, 5.41) is 10.8. The van der Waals surface area contributed by atoms with E-state index in [-0.39, 0.29) is 5.82 Å². The Balaban J connectivity index is 1.86. The molecule has 0 atom stereocenters. The van der Waals surface area contributed by atoms with Gasteiger partial charge >= 0.3 is 0 Å². The average Bonchev–Trinajstić information content (AvgIpc) is 2.89. The fourth-order valence-electron chi connectivity index (χ4n) is 1.73. The van der Waals surface area contributed by atoms with Crippen molar-refractivity contribution in [1.29, 1.82) is 0 Å². The molecule has 0 spiro atoms. The molecule has 2 N–H and O–H groups in total. The first-order valence-corrected chi connectivity index (χ1v) is 6.89. The van der Waals surface area contributed by atoms with Crippen LogP contribution < -0.4 is 10.6 Å². The molecular formula is C14H17FN4OS. The van der Waals surface area contributed by atoms with Gasteiger partial charge in [-0.05, 0) is 29.9 Å². The maximum Gasteiger partial charge on any atom is 0.170 e. The van der Waals surface area contributed by atoms with Crippen molar-refractivity contribution < 1.29 is 9.13 Å². The molecule has 0 amide bonds. The highest BCUT2D eigenvalue weighted by Gasteiger charge is 2.02. The molecular weight excluding hydrogens is 291 g/mol. The molecule has 0 unspecified atom stereocenters. The number of nitrogens with one attached hydrogen (secondary N) is 2. The Bertz CT molecular complexity index is 585. The Hall–Kier alpha value is -1.99. The Morgan fingerprint density at radius 1 is 1.38 bits per heavy atom. The van der Waals surface area contributed by atoms with Crippen LogP contribution in [0.3, 0.4) is 0 Å². The first-order chi connectivity index (χ1) is 10.2. The highest BCUT2D eigenvalue weighted by Crippen LogP contribution is 2.08. The van der Waals surface area contributed by atoms with Crippen LogP contribution in [0.2, 0.25) is 0 Å². The minimum atomic E-state index is -0.242. The summed E-state index contributed by atoms with van der Waals surface area (Å²) in [5.41, 5.74) is 1.78. The Kier molecular flexibility index (Phi) is 5.65. The molecule has 1 aromatic heterocycles. The van der Waals surface area contributed by atoms with Crippen LogP contribution in [0.25, 0.3) is 0 Å². The van der Waals surface area contributed by atoms with Crippen molar-refractivity contribution in [3.05, 3.63) is 48.0 Å². The van der Waals surface area contributed by atoms with E-state index in [2.05, 4.69) is 15.7 Å². The van der Waals surface area contributed by atoms with Gasteiger partial charge in [-0.1, -0.05) is 12.1 Å². The molecule has 1 aromatic carbocycles. The number of halogens is 1. The third kappa shape index (κ3) is 5.13. The van der Waals surface area contributed by atoms with Crippen molar-refractivity contribution in [1.82, 2.24) is 15.1 Å². The van der Waals surface area contributed by atoms with Gasteiger partial charge in [0.2, 0.25) is 0 Å².